The molecule has 0 aliphatic carbocycles. The molecule has 1 aromatic rings. The van der Waals surface area contributed by atoms with Crippen molar-refractivity contribution in [2.45, 2.75) is 70.7 Å². The van der Waals surface area contributed by atoms with Gasteiger partial charge >= 0.3 is 17.9 Å². The van der Waals surface area contributed by atoms with Crippen molar-refractivity contribution in [1.29, 1.82) is 0 Å². The van der Waals surface area contributed by atoms with E-state index in [0.29, 0.717) is 6.42 Å². The number of carbonyl (C=O) groups excluding carboxylic acids is 6. The van der Waals surface area contributed by atoms with Gasteiger partial charge in [0, 0.05) is 39.0 Å². The van der Waals surface area contributed by atoms with E-state index >= 15 is 0 Å². The minimum absolute atomic E-state index is 0.0895. The van der Waals surface area contributed by atoms with E-state index < -0.39 is 65.0 Å². The third kappa shape index (κ3) is 5.26. The van der Waals surface area contributed by atoms with E-state index in [1.54, 1.807) is 24.3 Å². The molecule has 40 heavy (non-hydrogen) atoms. The number of benzene rings is 1. The van der Waals surface area contributed by atoms with E-state index in [0.717, 1.165) is 27.9 Å². The van der Waals surface area contributed by atoms with Gasteiger partial charge in [-0.05, 0) is 19.4 Å². The topological polar surface area (TPSA) is 161 Å². The summed E-state index contributed by atoms with van der Waals surface area (Å²) in [6, 6.07) is 7.73. The Morgan fingerprint density at radius 1 is 1.02 bits per heavy atom. The summed E-state index contributed by atoms with van der Waals surface area (Å²) in [4.78, 5) is 77.5. The van der Waals surface area contributed by atoms with Crippen LogP contribution in [0.1, 0.15) is 51.4 Å². The zero-order valence-corrected chi connectivity index (χ0v) is 23.0. The number of methoxy groups -OCH3 is 1. The van der Waals surface area contributed by atoms with Gasteiger partial charge in [-0.15, -0.1) is 0 Å². The summed E-state index contributed by atoms with van der Waals surface area (Å²) in [6.07, 6.45) is -1.07. The van der Waals surface area contributed by atoms with Crippen LogP contribution in [0.15, 0.2) is 53.8 Å². The SMILES string of the molecule is CC/C=C\[C@H](OC(C)=O)[C@H](OC(C)=O)C1=C(C)C(=O)[C@]2(O1)C(=O)N[C@@](OC)(C(=O)c1ccccc1)[C@@H]2OC(C)=O. The predicted molar refractivity (Wildman–Crippen MR) is 136 cm³/mol. The normalized spacial score (nSPS) is 25.4. The molecule has 12 nitrogen and oxygen atoms in total. The molecule has 1 aromatic carbocycles. The van der Waals surface area contributed by atoms with Gasteiger partial charge in [0.25, 0.3) is 11.5 Å². The lowest BCUT2D eigenvalue weighted by atomic mass is 9.84. The van der Waals surface area contributed by atoms with Crippen molar-refractivity contribution in [3.05, 3.63) is 59.4 Å². The lowest BCUT2D eigenvalue weighted by Crippen LogP contribution is -2.62. The molecule has 1 fully saturated rings. The average Bonchev–Trinajstić information content (AvgIpc) is 3.31. The molecule has 2 aliphatic rings. The molecule has 2 heterocycles. The Labute approximate surface area is 230 Å². The number of carbonyl (C=O) groups is 6. The van der Waals surface area contributed by atoms with Crippen LogP contribution in [0.3, 0.4) is 0 Å². The number of Topliss-reactive ketones (excluding diaryl/α,β-unsaturated/α-hetero) is 2. The van der Waals surface area contributed by atoms with Crippen molar-refractivity contribution in [2.24, 2.45) is 0 Å². The molecule has 0 bridgehead atoms. The van der Waals surface area contributed by atoms with Gasteiger partial charge in [0.15, 0.2) is 18.0 Å². The molecule has 1 spiro atoms. The Morgan fingerprint density at radius 3 is 2.17 bits per heavy atom. The summed E-state index contributed by atoms with van der Waals surface area (Å²) >= 11 is 0. The number of hydrogen-bond donors (Lipinski definition) is 1. The molecule has 1 N–H and O–H groups in total. The van der Waals surface area contributed by atoms with E-state index in [1.807, 2.05) is 6.92 Å². The average molecular weight is 558 g/mol. The van der Waals surface area contributed by atoms with Gasteiger partial charge in [-0.3, -0.25) is 28.8 Å². The molecule has 3 rings (SSSR count). The molecular weight excluding hydrogens is 526 g/mol. The lowest BCUT2D eigenvalue weighted by Gasteiger charge is -2.35. The van der Waals surface area contributed by atoms with Crippen LogP contribution in [0.4, 0.5) is 0 Å². The maximum atomic E-state index is 13.9. The zero-order valence-electron chi connectivity index (χ0n) is 23.0. The highest BCUT2D eigenvalue weighted by atomic mass is 16.6. The van der Waals surface area contributed by atoms with E-state index in [-0.39, 0.29) is 16.9 Å². The molecule has 0 unspecified atom stereocenters. The van der Waals surface area contributed by atoms with Gasteiger partial charge < -0.3 is 29.0 Å². The number of nitrogens with one attached hydrogen (secondary N) is 1. The Kier molecular flexibility index (Phi) is 8.93. The smallest absolute Gasteiger partial charge is 0.303 e. The fourth-order valence-corrected chi connectivity index (χ4v) is 4.69. The number of ether oxygens (including phenoxy) is 5. The standard InChI is InChI=1S/C28H31NO11/c1-7-8-14-20(37-16(3)30)22(38-17(4)31)21-15(2)23(33)27(40-21)25(39-18(5)32)28(36-6,29-26(27)35)24(34)19-12-10-9-11-13-19/h8-14,20,22,25H,7H2,1-6H3,(H,29,35)/b14-8-/t20-,22-,25+,27+,28+/m0/s1. The molecule has 5 atom stereocenters. The first-order valence-corrected chi connectivity index (χ1v) is 12.5. The van der Waals surface area contributed by atoms with Crippen LogP contribution < -0.4 is 5.32 Å². The summed E-state index contributed by atoms with van der Waals surface area (Å²) in [5.41, 5.74) is -5.07. The Bertz CT molecular complexity index is 1280. The molecule has 1 amide bonds. The van der Waals surface area contributed by atoms with E-state index in [9.17, 15) is 28.8 Å². The number of rotatable bonds is 10. The highest BCUT2D eigenvalue weighted by Crippen LogP contribution is 2.46. The third-order valence-corrected chi connectivity index (χ3v) is 6.39. The quantitative estimate of drug-likeness (QED) is 0.147. The van der Waals surface area contributed by atoms with Gasteiger partial charge in [-0.1, -0.05) is 43.3 Å². The minimum atomic E-state index is -2.63. The third-order valence-electron chi connectivity index (χ3n) is 6.39. The van der Waals surface area contributed by atoms with Gasteiger partial charge in [0.05, 0.1) is 0 Å². The Morgan fingerprint density at radius 2 is 1.65 bits per heavy atom. The summed E-state index contributed by atoms with van der Waals surface area (Å²) in [6.45, 7) is 6.39. The summed E-state index contributed by atoms with van der Waals surface area (Å²) < 4.78 is 27.7. The van der Waals surface area contributed by atoms with Crippen molar-refractivity contribution >= 4 is 35.4 Å². The molecule has 0 saturated carbocycles. The first-order valence-electron chi connectivity index (χ1n) is 12.5. The number of hydrogen-bond acceptors (Lipinski definition) is 11. The predicted octanol–water partition coefficient (Wildman–Crippen LogP) is 1.72. The Hall–Kier alpha value is -4.32. The number of amides is 1. The van der Waals surface area contributed by atoms with Crippen LogP contribution in [0.2, 0.25) is 0 Å². The number of ketones is 2. The maximum absolute atomic E-state index is 13.9. The monoisotopic (exact) mass is 557 g/mol. The maximum Gasteiger partial charge on any atom is 0.303 e. The van der Waals surface area contributed by atoms with Crippen molar-refractivity contribution < 1.29 is 52.5 Å². The highest BCUT2D eigenvalue weighted by Gasteiger charge is 2.76. The molecular formula is C28H31NO11. The van der Waals surface area contributed by atoms with Crippen LogP contribution in [0.25, 0.3) is 0 Å². The Balaban J connectivity index is 2.19. The fraction of sp³-hybridized carbons (Fsp3) is 0.429. The second-order valence-corrected chi connectivity index (χ2v) is 9.18. The van der Waals surface area contributed by atoms with Crippen molar-refractivity contribution in [1.82, 2.24) is 5.32 Å². The van der Waals surface area contributed by atoms with Gasteiger partial charge in [0.2, 0.25) is 23.4 Å². The number of allylic oxidation sites excluding steroid dienone is 1. The van der Waals surface area contributed by atoms with Crippen LogP contribution in [0.5, 0.6) is 0 Å². The first kappa shape index (κ1) is 30.2. The molecule has 2 aliphatic heterocycles. The lowest BCUT2D eigenvalue weighted by molar-refractivity contribution is -0.186. The molecule has 1 saturated heterocycles. The van der Waals surface area contributed by atoms with Crippen molar-refractivity contribution in [3.8, 4) is 0 Å². The summed E-state index contributed by atoms with van der Waals surface area (Å²) in [5, 5.41) is 2.38. The van der Waals surface area contributed by atoms with Crippen molar-refractivity contribution in [2.75, 3.05) is 7.11 Å². The molecule has 214 valence electrons. The highest BCUT2D eigenvalue weighted by molar-refractivity contribution is 6.23. The fourth-order valence-electron chi connectivity index (χ4n) is 4.69. The van der Waals surface area contributed by atoms with Crippen molar-refractivity contribution in [3.63, 3.8) is 0 Å². The largest absolute Gasteiger partial charge is 0.465 e. The van der Waals surface area contributed by atoms with E-state index in [1.165, 1.54) is 25.1 Å². The molecule has 12 heteroatoms. The second-order valence-electron chi connectivity index (χ2n) is 9.18. The molecule has 0 aromatic heterocycles. The van der Waals surface area contributed by atoms with Gasteiger partial charge in [-0.2, -0.15) is 0 Å². The van der Waals surface area contributed by atoms with Crippen LogP contribution in [-0.4, -0.2) is 72.1 Å². The van der Waals surface area contributed by atoms with E-state index in [4.69, 9.17) is 23.7 Å². The summed E-state index contributed by atoms with van der Waals surface area (Å²) in [5.74, 6) is -5.69. The van der Waals surface area contributed by atoms with Gasteiger partial charge in [-0.25, -0.2) is 0 Å². The summed E-state index contributed by atoms with van der Waals surface area (Å²) in [7, 11) is 1.10. The van der Waals surface area contributed by atoms with Crippen LogP contribution in [-0.2, 0) is 47.7 Å². The van der Waals surface area contributed by atoms with Crippen LogP contribution >= 0.6 is 0 Å². The van der Waals surface area contributed by atoms with E-state index in [2.05, 4.69) is 5.32 Å². The molecule has 0 radical (unpaired) electrons. The first-order chi connectivity index (χ1) is 18.8. The number of esters is 3. The second kappa shape index (κ2) is 11.8. The minimum Gasteiger partial charge on any atom is -0.465 e. The van der Waals surface area contributed by atoms with Gasteiger partial charge in [0.1, 0.15) is 0 Å². The van der Waals surface area contributed by atoms with Crippen LogP contribution in [0, 0.1) is 0 Å². The zero-order chi connectivity index (χ0) is 29.8.